The molecule has 0 saturated carbocycles. The summed E-state index contributed by atoms with van der Waals surface area (Å²) in [6, 6.07) is 13.1. The molecule has 1 aliphatic rings. The smallest absolute Gasteiger partial charge is 0.279 e. The van der Waals surface area contributed by atoms with E-state index in [1.165, 1.54) is 10.6 Å². The first-order chi connectivity index (χ1) is 12.5. The maximum atomic E-state index is 12.3. The van der Waals surface area contributed by atoms with E-state index < -0.39 is 0 Å². The number of anilines is 2. The fourth-order valence-corrected chi connectivity index (χ4v) is 3.40. The average molecular weight is 395 g/mol. The van der Waals surface area contributed by atoms with Gasteiger partial charge in [-0.1, -0.05) is 23.2 Å². The SMILES string of the molecule is COc1ccc(N2CC[NH+](CC(=O)Nc3cc(Cl)ccc3Cl)CC2)cc1. The van der Waals surface area contributed by atoms with E-state index in [1.807, 2.05) is 12.1 Å². The van der Waals surface area contributed by atoms with Crippen LogP contribution in [0.3, 0.4) is 0 Å². The summed E-state index contributed by atoms with van der Waals surface area (Å²) in [5.41, 5.74) is 1.74. The number of carbonyl (C=O) groups is 1. The Morgan fingerprint density at radius 2 is 1.85 bits per heavy atom. The number of nitrogens with zero attached hydrogens (tertiary/aromatic N) is 1. The van der Waals surface area contributed by atoms with Gasteiger partial charge < -0.3 is 19.9 Å². The maximum absolute atomic E-state index is 12.3. The van der Waals surface area contributed by atoms with Gasteiger partial charge in [-0.3, -0.25) is 4.79 Å². The summed E-state index contributed by atoms with van der Waals surface area (Å²) in [6.07, 6.45) is 0. The van der Waals surface area contributed by atoms with Crippen LogP contribution in [-0.2, 0) is 4.79 Å². The molecule has 1 aliphatic heterocycles. The first-order valence-electron chi connectivity index (χ1n) is 8.52. The van der Waals surface area contributed by atoms with Crippen molar-refractivity contribution in [1.82, 2.24) is 0 Å². The van der Waals surface area contributed by atoms with Crippen molar-refractivity contribution in [2.75, 3.05) is 50.1 Å². The Morgan fingerprint density at radius 1 is 1.15 bits per heavy atom. The van der Waals surface area contributed by atoms with E-state index in [4.69, 9.17) is 27.9 Å². The molecule has 0 unspecified atom stereocenters. The molecule has 1 fully saturated rings. The molecule has 1 amide bonds. The van der Waals surface area contributed by atoms with Crippen molar-refractivity contribution in [2.45, 2.75) is 0 Å². The molecule has 3 rings (SSSR count). The van der Waals surface area contributed by atoms with Crippen molar-refractivity contribution in [3.8, 4) is 5.75 Å². The Morgan fingerprint density at radius 3 is 2.50 bits per heavy atom. The molecule has 2 N–H and O–H groups in total. The molecule has 0 aromatic heterocycles. The minimum absolute atomic E-state index is 0.0536. The molecule has 0 spiro atoms. The average Bonchev–Trinajstić information content (AvgIpc) is 2.65. The quantitative estimate of drug-likeness (QED) is 0.817. The van der Waals surface area contributed by atoms with Crippen LogP contribution in [0.4, 0.5) is 11.4 Å². The van der Waals surface area contributed by atoms with Crippen molar-refractivity contribution in [1.29, 1.82) is 0 Å². The molecule has 5 nitrogen and oxygen atoms in total. The van der Waals surface area contributed by atoms with Crippen LogP contribution in [-0.4, -0.2) is 45.7 Å². The summed E-state index contributed by atoms with van der Waals surface area (Å²) in [5.74, 6) is 0.802. The number of halogens is 2. The fraction of sp³-hybridized carbons (Fsp3) is 0.316. The second kappa shape index (κ2) is 8.62. The second-order valence-corrected chi connectivity index (χ2v) is 7.13. The maximum Gasteiger partial charge on any atom is 0.279 e. The van der Waals surface area contributed by atoms with Crippen LogP contribution in [0.25, 0.3) is 0 Å². The predicted molar refractivity (Wildman–Crippen MR) is 106 cm³/mol. The fourth-order valence-electron chi connectivity index (χ4n) is 3.07. The predicted octanol–water partition coefficient (Wildman–Crippen LogP) is 2.35. The summed E-state index contributed by atoms with van der Waals surface area (Å²) < 4.78 is 5.20. The van der Waals surface area contributed by atoms with Crippen LogP contribution < -0.4 is 19.9 Å². The highest BCUT2D eigenvalue weighted by Crippen LogP contribution is 2.25. The molecule has 0 bridgehead atoms. The number of nitrogens with one attached hydrogen (secondary N) is 2. The number of ether oxygens (including phenoxy) is 1. The molecule has 2 aromatic rings. The van der Waals surface area contributed by atoms with Crippen LogP contribution >= 0.6 is 23.2 Å². The highest BCUT2D eigenvalue weighted by atomic mass is 35.5. The van der Waals surface area contributed by atoms with Crippen molar-refractivity contribution in [3.63, 3.8) is 0 Å². The number of benzene rings is 2. The highest BCUT2D eigenvalue weighted by molar-refractivity contribution is 6.35. The van der Waals surface area contributed by atoms with Crippen LogP contribution in [0.15, 0.2) is 42.5 Å². The number of rotatable bonds is 5. The van der Waals surface area contributed by atoms with Crippen LogP contribution in [0.2, 0.25) is 10.0 Å². The molecular weight excluding hydrogens is 373 g/mol. The summed E-state index contributed by atoms with van der Waals surface area (Å²) in [7, 11) is 1.67. The van der Waals surface area contributed by atoms with E-state index in [9.17, 15) is 4.79 Å². The van der Waals surface area contributed by atoms with Crippen LogP contribution in [0.5, 0.6) is 5.75 Å². The number of carbonyl (C=O) groups excluding carboxylic acids is 1. The van der Waals surface area contributed by atoms with Gasteiger partial charge in [-0.2, -0.15) is 0 Å². The number of methoxy groups -OCH3 is 1. The number of hydrogen-bond acceptors (Lipinski definition) is 3. The van der Waals surface area contributed by atoms with E-state index in [-0.39, 0.29) is 5.91 Å². The second-order valence-electron chi connectivity index (χ2n) is 6.28. The molecule has 0 radical (unpaired) electrons. The zero-order chi connectivity index (χ0) is 18.5. The van der Waals surface area contributed by atoms with Crippen molar-refractivity contribution < 1.29 is 14.4 Å². The molecular formula is C19H22Cl2N3O2+. The monoisotopic (exact) mass is 394 g/mol. The minimum atomic E-state index is -0.0536. The summed E-state index contributed by atoms with van der Waals surface area (Å²) in [5, 5.41) is 3.88. The Labute approximate surface area is 163 Å². The molecule has 0 aliphatic carbocycles. The van der Waals surface area contributed by atoms with Crippen LogP contribution in [0.1, 0.15) is 0 Å². The Kier molecular flexibility index (Phi) is 6.25. The topological polar surface area (TPSA) is 46.0 Å². The Balaban J connectivity index is 1.50. The molecule has 7 heteroatoms. The van der Waals surface area contributed by atoms with Crippen molar-refractivity contribution in [2.24, 2.45) is 0 Å². The zero-order valence-corrected chi connectivity index (χ0v) is 16.1. The van der Waals surface area contributed by atoms with Gasteiger partial charge in [0.2, 0.25) is 0 Å². The normalized spacial score (nSPS) is 15.0. The molecule has 1 saturated heterocycles. The third-order valence-corrected chi connectivity index (χ3v) is 5.09. The van der Waals surface area contributed by atoms with E-state index in [2.05, 4.69) is 22.3 Å². The lowest BCUT2D eigenvalue weighted by atomic mass is 10.2. The largest absolute Gasteiger partial charge is 0.497 e. The van der Waals surface area contributed by atoms with Gasteiger partial charge in [-0.25, -0.2) is 0 Å². The van der Waals surface area contributed by atoms with E-state index in [0.717, 1.165) is 31.9 Å². The zero-order valence-electron chi connectivity index (χ0n) is 14.6. The first-order valence-corrected chi connectivity index (χ1v) is 9.28. The Bertz CT molecular complexity index is 760. The third-order valence-electron chi connectivity index (χ3n) is 4.52. The van der Waals surface area contributed by atoms with Gasteiger partial charge in [-0.15, -0.1) is 0 Å². The lowest BCUT2D eigenvalue weighted by molar-refractivity contribution is -0.892. The van der Waals surface area contributed by atoms with Gasteiger partial charge in [0.25, 0.3) is 5.91 Å². The van der Waals surface area contributed by atoms with Gasteiger partial charge in [0.05, 0.1) is 44.0 Å². The highest BCUT2D eigenvalue weighted by Gasteiger charge is 2.22. The minimum Gasteiger partial charge on any atom is -0.497 e. The summed E-state index contributed by atoms with van der Waals surface area (Å²) in [6.45, 7) is 4.05. The molecule has 0 atom stereocenters. The van der Waals surface area contributed by atoms with Gasteiger partial charge in [0.1, 0.15) is 5.75 Å². The van der Waals surface area contributed by atoms with E-state index in [1.54, 1.807) is 25.3 Å². The van der Waals surface area contributed by atoms with Gasteiger partial charge >= 0.3 is 0 Å². The molecule has 26 heavy (non-hydrogen) atoms. The third kappa shape index (κ3) is 4.81. The van der Waals surface area contributed by atoms with Gasteiger partial charge in [0, 0.05) is 10.7 Å². The van der Waals surface area contributed by atoms with Crippen LogP contribution in [0, 0.1) is 0 Å². The van der Waals surface area contributed by atoms with Gasteiger partial charge in [0.15, 0.2) is 6.54 Å². The van der Waals surface area contributed by atoms with E-state index in [0.29, 0.717) is 22.3 Å². The molecule has 2 aromatic carbocycles. The van der Waals surface area contributed by atoms with Gasteiger partial charge in [-0.05, 0) is 42.5 Å². The lowest BCUT2D eigenvalue weighted by Crippen LogP contribution is -3.15. The standard InChI is InChI=1S/C19H21Cl2N3O2/c1-26-16-5-3-15(4-6-16)24-10-8-23(9-11-24)13-19(25)22-18-12-14(20)2-7-17(18)21/h2-7,12H,8-11,13H2,1H3,(H,22,25)/p+1. The number of quaternary nitrogens is 1. The Hall–Kier alpha value is -1.95. The van der Waals surface area contributed by atoms with Crippen molar-refractivity contribution in [3.05, 3.63) is 52.5 Å². The number of piperazine rings is 1. The number of amides is 1. The first kappa shape index (κ1) is 18.8. The molecule has 1 heterocycles. The molecule has 138 valence electrons. The lowest BCUT2D eigenvalue weighted by Gasteiger charge is -2.33. The van der Waals surface area contributed by atoms with Crippen molar-refractivity contribution >= 4 is 40.5 Å². The number of hydrogen-bond donors (Lipinski definition) is 2. The summed E-state index contributed by atoms with van der Waals surface area (Å²) >= 11 is 12.1. The van der Waals surface area contributed by atoms with E-state index >= 15 is 0 Å². The summed E-state index contributed by atoms with van der Waals surface area (Å²) in [4.78, 5) is 15.9.